The SMILES string of the molecule is Cc1ccccc1CN(C)CC1(CO)CCC1. The van der Waals surface area contributed by atoms with E-state index in [2.05, 4.69) is 43.1 Å². The van der Waals surface area contributed by atoms with Gasteiger partial charge in [-0.15, -0.1) is 0 Å². The van der Waals surface area contributed by atoms with Gasteiger partial charge in [0.05, 0.1) is 0 Å². The minimum Gasteiger partial charge on any atom is -0.396 e. The highest BCUT2D eigenvalue weighted by Gasteiger charge is 2.37. The lowest BCUT2D eigenvalue weighted by Gasteiger charge is -2.43. The van der Waals surface area contributed by atoms with Gasteiger partial charge in [-0.2, -0.15) is 0 Å². The Hall–Kier alpha value is -0.860. The maximum absolute atomic E-state index is 9.48. The Bertz CT molecular complexity index is 365. The first kappa shape index (κ1) is 12.6. The number of aliphatic hydroxyl groups excluding tert-OH is 1. The number of rotatable bonds is 5. The Kier molecular flexibility index (Phi) is 3.85. The van der Waals surface area contributed by atoms with Crippen LogP contribution in [0.2, 0.25) is 0 Å². The van der Waals surface area contributed by atoms with Crippen molar-refractivity contribution in [3.63, 3.8) is 0 Å². The maximum atomic E-state index is 9.48. The summed E-state index contributed by atoms with van der Waals surface area (Å²) < 4.78 is 0. The predicted octanol–water partition coefficient (Wildman–Crippen LogP) is 2.59. The minimum atomic E-state index is 0.192. The molecule has 0 amide bonds. The summed E-state index contributed by atoms with van der Waals surface area (Å²) in [7, 11) is 2.15. The summed E-state index contributed by atoms with van der Waals surface area (Å²) in [5.41, 5.74) is 2.94. The van der Waals surface area contributed by atoms with E-state index in [9.17, 15) is 5.11 Å². The molecule has 1 aromatic rings. The third kappa shape index (κ3) is 2.88. The summed E-state index contributed by atoms with van der Waals surface area (Å²) in [4.78, 5) is 2.34. The molecule has 0 radical (unpaired) electrons. The van der Waals surface area contributed by atoms with Gasteiger partial charge in [0, 0.05) is 25.1 Å². The number of aryl methyl sites for hydroxylation is 1. The van der Waals surface area contributed by atoms with E-state index in [0.29, 0.717) is 6.61 Å². The third-order valence-electron chi connectivity index (χ3n) is 4.06. The summed E-state index contributed by atoms with van der Waals surface area (Å²) in [6.07, 6.45) is 3.64. The molecule has 2 heteroatoms. The number of nitrogens with zero attached hydrogens (tertiary/aromatic N) is 1. The molecule has 0 bridgehead atoms. The van der Waals surface area contributed by atoms with Crippen LogP contribution in [-0.4, -0.2) is 30.2 Å². The molecular weight excluding hydrogens is 210 g/mol. The second-order valence-electron chi connectivity index (χ2n) is 5.61. The minimum absolute atomic E-state index is 0.192. The molecule has 0 aromatic heterocycles. The van der Waals surface area contributed by atoms with E-state index in [1.807, 2.05) is 0 Å². The Morgan fingerprint density at radius 2 is 2.00 bits per heavy atom. The van der Waals surface area contributed by atoms with Gasteiger partial charge in [-0.3, -0.25) is 0 Å². The van der Waals surface area contributed by atoms with Crippen LogP contribution in [0, 0.1) is 12.3 Å². The van der Waals surface area contributed by atoms with Crippen molar-refractivity contribution in [2.24, 2.45) is 5.41 Å². The van der Waals surface area contributed by atoms with Crippen molar-refractivity contribution >= 4 is 0 Å². The van der Waals surface area contributed by atoms with Crippen molar-refractivity contribution in [3.05, 3.63) is 35.4 Å². The second kappa shape index (κ2) is 5.19. The molecular formula is C15H23NO. The highest BCUT2D eigenvalue weighted by molar-refractivity contribution is 5.25. The summed E-state index contributed by atoms with van der Waals surface area (Å²) in [6, 6.07) is 8.54. The fourth-order valence-electron chi connectivity index (χ4n) is 2.75. The molecule has 0 aliphatic heterocycles. The zero-order valence-corrected chi connectivity index (χ0v) is 10.9. The second-order valence-corrected chi connectivity index (χ2v) is 5.61. The topological polar surface area (TPSA) is 23.5 Å². The lowest BCUT2D eigenvalue weighted by molar-refractivity contribution is 0.0127. The van der Waals surface area contributed by atoms with Crippen LogP contribution < -0.4 is 0 Å². The normalized spacial score (nSPS) is 18.1. The number of hydrogen-bond donors (Lipinski definition) is 1. The van der Waals surface area contributed by atoms with Gasteiger partial charge in [-0.05, 0) is 37.9 Å². The highest BCUT2D eigenvalue weighted by Crippen LogP contribution is 2.41. The summed E-state index contributed by atoms with van der Waals surface area (Å²) >= 11 is 0. The van der Waals surface area contributed by atoms with Crippen LogP contribution in [0.15, 0.2) is 24.3 Å². The fraction of sp³-hybridized carbons (Fsp3) is 0.600. The Morgan fingerprint density at radius 3 is 2.53 bits per heavy atom. The molecule has 17 heavy (non-hydrogen) atoms. The molecule has 1 fully saturated rings. The van der Waals surface area contributed by atoms with Crippen LogP contribution in [0.25, 0.3) is 0 Å². The van der Waals surface area contributed by atoms with Crippen molar-refractivity contribution in [1.29, 1.82) is 0 Å². The van der Waals surface area contributed by atoms with E-state index in [1.165, 1.54) is 30.4 Å². The quantitative estimate of drug-likeness (QED) is 0.845. The van der Waals surface area contributed by atoms with Crippen molar-refractivity contribution in [2.45, 2.75) is 32.7 Å². The standard InChI is InChI=1S/C15H23NO/c1-13-6-3-4-7-14(13)10-16(2)11-15(12-17)8-5-9-15/h3-4,6-7,17H,5,8-12H2,1-2H3. The van der Waals surface area contributed by atoms with Crippen molar-refractivity contribution in [1.82, 2.24) is 4.90 Å². The number of aliphatic hydroxyl groups is 1. The lowest BCUT2D eigenvalue weighted by Crippen LogP contribution is -2.43. The molecule has 1 aromatic carbocycles. The van der Waals surface area contributed by atoms with Gasteiger partial charge in [-0.1, -0.05) is 30.7 Å². The summed E-state index contributed by atoms with van der Waals surface area (Å²) in [6.45, 7) is 4.49. The molecule has 94 valence electrons. The Balaban J connectivity index is 1.93. The van der Waals surface area contributed by atoms with Gasteiger partial charge in [0.1, 0.15) is 0 Å². The third-order valence-corrected chi connectivity index (χ3v) is 4.06. The van der Waals surface area contributed by atoms with Crippen LogP contribution in [0.1, 0.15) is 30.4 Å². The summed E-state index contributed by atoms with van der Waals surface area (Å²) in [5, 5.41) is 9.48. The first-order valence-electron chi connectivity index (χ1n) is 6.49. The van der Waals surface area contributed by atoms with Crippen molar-refractivity contribution in [2.75, 3.05) is 20.2 Å². The first-order chi connectivity index (χ1) is 8.15. The molecule has 2 nitrogen and oxygen atoms in total. The van der Waals surface area contributed by atoms with Crippen molar-refractivity contribution < 1.29 is 5.11 Å². The molecule has 0 saturated heterocycles. The van der Waals surface area contributed by atoms with E-state index >= 15 is 0 Å². The molecule has 0 atom stereocenters. The van der Waals surface area contributed by atoms with Gasteiger partial charge in [0.25, 0.3) is 0 Å². The van der Waals surface area contributed by atoms with E-state index in [-0.39, 0.29) is 5.41 Å². The van der Waals surface area contributed by atoms with E-state index in [1.54, 1.807) is 0 Å². The lowest BCUT2D eigenvalue weighted by atomic mass is 9.69. The zero-order chi connectivity index (χ0) is 12.3. The van der Waals surface area contributed by atoms with Gasteiger partial charge >= 0.3 is 0 Å². The molecule has 0 unspecified atom stereocenters. The summed E-state index contributed by atoms with van der Waals surface area (Å²) in [5.74, 6) is 0. The Labute approximate surface area is 104 Å². The van der Waals surface area contributed by atoms with Crippen molar-refractivity contribution in [3.8, 4) is 0 Å². The largest absolute Gasteiger partial charge is 0.396 e. The molecule has 1 saturated carbocycles. The van der Waals surface area contributed by atoms with E-state index in [4.69, 9.17) is 0 Å². The molecule has 0 heterocycles. The van der Waals surface area contributed by atoms with Gasteiger partial charge in [-0.25, -0.2) is 0 Å². The van der Waals surface area contributed by atoms with E-state index in [0.717, 1.165) is 13.1 Å². The van der Waals surface area contributed by atoms with Crippen LogP contribution in [0.4, 0.5) is 0 Å². The number of hydrogen-bond acceptors (Lipinski definition) is 2. The number of benzene rings is 1. The van der Waals surface area contributed by atoms with E-state index < -0.39 is 0 Å². The Morgan fingerprint density at radius 1 is 1.29 bits per heavy atom. The average molecular weight is 233 g/mol. The van der Waals surface area contributed by atoms with Crippen LogP contribution >= 0.6 is 0 Å². The van der Waals surface area contributed by atoms with Gasteiger partial charge in [0.15, 0.2) is 0 Å². The maximum Gasteiger partial charge on any atom is 0.0499 e. The zero-order valence-electron chi connectivity index (χ0n) is 10.9. The van der Waals surface area contributed by atoms with Crippen LogP contribution in [0.3, 0.4) is 0 Å². The fourth-order valence-corrected chi connectivity index (χ4v) is 2.75. The first-order valence-corrected chi connectivity index (χ1v) is 6.49. The molecule has 0 spiro atoms. The highest BCUT2D eigenvalue weighted by atomic mass is 16.3. The molecule has 1 N–H and O–H groups in total. The molecule has 1 aliphatic rings. The molecule has 1 aliphatic carbocycles. The van der Waals surface area contributed by atoms with Crippen LogP contribution in [0.5, 0.6) is 0 Å². The van der Waals surface area contributed by atoms with Gasteiger partial charge in [0.2, 0.25) is 0 Å². The predicted molar refractivity (Wildman–Crippen MR) is 70.9 cm³/mol. The molecule has 2 rings (SSSR count). The van der Waals surface area contributed by atoms with Gasteiger partial charge < -0.3 is 10.0 Å². The van der Waals surface area contributed by atoms with Crippen LogP contribution in [-0.2, 0) is 6.54 Å². The smallest absolute Gasteiger partial charge is 0.0499 e. The monoisotopic (exact) mass is 233 g/mol. The average Bonchev–Trinajstić information content (AvgIpc) is 2.27.